The Morgan fingerprint density at radius 2 is 1.76 bits per heavy atom. The van der Waals surface area contributed by atoms with Gasteiger partial charge in [-0.1, -0.05) is 48.0 Å². The Hall–Kier alpha value is -1.84. The molecule has 112 valence electrons. The fraction of sp³-hybridized carbons (Fsp3) is 0.333. The van der Waals surface area contributed by atoms with Crippen LogP contribution in [0.5, 0.6) is 5.75 Å². The smallest absolute Gasteiger partial charge is 0.122 e. The monoisotopic (exact) mass is 286 g/mol. The second-order valence-corrected chi connectivity index (χ2v) is 5.26. The Morgan fingerprint density at radius 1 is 1.05 bits per heavy atom. The van der Waals surface area contributed by atoms with Gasteiger partial charge in [-0.05, 0) is 37.0 Å². The molecule has 0 amide bonds. The molecule has 0 radical (unpaired) electrons. The molecule has 0 aromatic heterocycles. The van der Waals surface area contributed by atoms with Crippen LogP contribution in [0.2, 0.25) is 0 Å². The lowest BCUT2D eigenvalue weighted by molar-refractivity contribution is 0.0884. The molecule has 0 aliphatic heterocycles. The molecule has 2 rings (SSSR count). The summed E-state index contributed by atoms with van der Waals surface area (Å²) in [6, 6.07) is 16.1. The Morgan fingerprint density at radius 3 is 2.48 bits per heavy atom. The van der Waals surface area contributed by atoms with E-state index in [2.05, 4.69) is 31.2 Å². The first-order chi connectivity index (χ1) is 10.2. The second kappa shape index (κ2) is 7.81. The van der Waals surface area contributed by atoms with Crippen molar-refractivity contribution in [2.75, 3.05) is 6.61 Å². The third kappa shape index (κ3) is 4.88. The first-order valence-electron chi connectivity index (χ1n) is 7.24. The Bertz CT molecular complexity index is 549. The summed E-state index contributed by atoms with van der Waals surface area (Å²) in [4.78, 5) is 0. The van der Waals surface area contributed by atoms with Crippen LogP contribution in [0.15, 0.2) is 48.5 Å². The highest BCUT2D eigenvalue weighted by atomic mass is 16.5. The first kappa shape index (κ1) is 15.5. The predicted octanol–water partition coefficient (Wildman–Crippen LogP) is 2.86. The van der Waals surface area contributed by atoms with Gasteiger partial charge in [0.1, 0.15) is 12.4 Å². The van der Waals surface area contributed by atoms with Gasteiger partial charge >= 0.3 is 0 Å². The lowest BCUT2D eigenvalue weighted by atomic mass is 10.1. The number of benzene rings is 2. The highest BCUT2D eigenvalue weighted by molar-refractivity contribution is 5.34. The lowest BCUT2D eigenvalue weighted by Gasteiger charge is -2.13. The maximum atomic E-state index is 9.45. The molecule has 0 fully saturated rings. The molecule has 0 bridgehead atoms. The van der Waals surface area contributed by atoms with Crippen molar-refractivity contribution in [3.8, 4) is 5.75 Å². The molecule has 0 spiro atoms. The van der Waals surface area contributed by atoms with Crippen molar-refractivity contribution in [1.29, 1.82) is 0 Å². The molecule has 21 heavy (non-hydrogen) atoms. The number of hydrogen-bond acceptors (Lipinski definition) is 3. The van der Waals surface area contributed by atoms with Crippen LogP contribution in [-0.4, -0.2) is 22.9 Å². The van der Waals surface area contributed by atoms with E-state index in [1.807, 2.05) is 24.3 Å². The van der Waals surface area contributed by atoms with Gasteiger partial charge in [-0.2, -0.15) is 0 Å². The molecule has 0 heterocycles. The van der Waals surface area contributed by atoms with Gasteiger partial charge in [0.05, 0.1) is 12.7 Å². The highest BCUT2D eigenvalue weighted by Gasteiger charge is 2.07. The first-order valence-corrected chi connectivity index (χ1v) is 7.24. The third-order valence-corrected chi connectivity index (χ3v) is 3.45. The summed E-state index contributed by atoms with van der Waals surface area (Å²) in [7, 11) is 0. The Balaban J connectivity index is 1.97. The minimum Gasteiger partial charge on any atom is -0.489 e. The van der Waals surface area contributed by atoms with Gasteiger partial charge in [0, 0.05) is 0 Å². The summed E-state index contributed by atoms with van der Waals surface area (Å²) in [5.74, 6) is 0.836. The predicted molar refractivity (Wildman–Crippen MR) is 83.4 cm³/mol. The van der Waals surface area contributed by atoms with E-state index in [9.17, 15) is 5.11 Å². The summed E-state index contributed by atoms with van der Waals surface area (Å²) in [5.41, 5.74) is 3.42. The summed E-state index contributed by atoms with van der Waals surface area (Å²) >= 11 is 0. The molecular weight excluding hydrogens is 264 g/mol. The van der Waals surface area contributed by atoms with Crippen molar-refractivity contribution in [3.05, 3.63) is 65.2 Å². The minimum atomic E-state index is -0.671. The van der Waals surface area contributed by atoms with Crippen LogP contribution in [0.25, 0.3) is 0 Å². The van der Waals surface area contributed by atoms with Gasteiger partial charge in [0.2, 0.25) is 0 Å². The lowest BCUT2D eigenvalue weighted by Crippen LogP contribution is -2.13. The third-order valence-electron chi connectivity index (χ3n) is 3.45. The van der Waals surface area contributed by atoms with E-state index < -0.39 is 6.10 Å². The van der Waals surface area contributed by atoms with Crippen molar-refractivity contribution in [2.45, 2.75) is 32.5 Å². The summed E-state index contributed by atoms with van der Waals surface area (Å²) in [5, 5.41) is 18.3. The number of aliphatic hydroxyl groups excluding tert-OH is 2. The molecule has 3 nitrogen and oxygen atoms in total. The molecule has 0 aliphatic carbocycles. The molecule has 1 atom stereocenters. The fourth-order valence-electron chi connectivity index (χ4n) is 2.11. The largest absolute Gasteiger partial charge is 0.489 e. The second-order valence-electron chi connectivity index (χ2n) is 5.26. The van der Waals surface area contributed by atoms with Crippen molar-refractivity contribution in [2.24, 2.45) is 0 Å². The van der Waals surface area contributed by atoms with Crippen LogP contribution in [0.1, 0.15) is 23.1 Å². The van der Waals surface area contributed by atoms with E-state index in [-0.39, 0.29) is 6.61 Å². The summed E-state index contributed by atoms with van der Waals surface area (Å²) in [6.07, 6.45) is 0.544. The minimum absolute atomic E-state index is 0.202. The van der Waals surface area contributed by atoms with E-state index in [0.717, 1.165) is 16.9 Å². The van der Waals surface area contributed by atoms with Gasteiger partial charge in [-0.3, -0.25) is 0 Å². The number of hydrogen-bond donors (Lipinski definition) is 2. The van der Waals surface area contributed by atoms with Crippen LogP contribution in [-0.2, 0) is 13.0 Å². The average molecular weight is 286 g/mol. The number of ether oxygens (including phenoxy) is 1. The van der Waals surface area contributed by atoms with E-state index in [1.54, 1.807) is 0 Å². The highest BCUT2D eigenvalue weighted by Crippen LogP contribution is 2.21. The molecule has 0 saturated heterocycles. The zero-order valence-electron chi connectivity index (χ0n) is 12.3. The maximum absolute atomic E-state index is 9.45. The van der Waals surface area contributed by atoms with Crippen LogP contribution >= 0.6 is 0 Å². The van der Waals surface area contributed by atoms with Crippen LogP contribution < -0.4 is 4.74 Å². The normalized spacial score (nSPS) is 12.1. The van der Waals surface area contributed by atoms with Crippen molar-refractivity contribution in [3.63, 3.8) is 0 Å². The number of para-hydroxylation sites is 1. The van der Waals surface area contributed by atoms with Gasteiger partial charge in [-0.15, -0.1) is 0 Å². The topological polar surface area (TPSA) is 49.7 Å². The zero-order chi connectivity index (χ0) is 15.1. The molecule has 0 aliphatic rings. The van der Waals surface area contributed by atoms with Crippen molar-refractivity contribution < 1.29 is 14.9 Å². The molecule has 0 saturated carbocycles. The number of aliphatic hydroxyl groups is 2. The Kier molecular flexibility index (Phi) is 5.78. The van der Waals surface area contributed by atoms with Crippen LogP contribution in [0.3, 0.4) is 0 Å². The maximum Gasteiger partial charge on any atom is 0.122 e. The fourth-order valence-corrected chi connectivity index (χ4v) is 2.11. The average Bonchev–Trinajstić information content (AvgIpc) is 2.52. The molecule has 2 aromatic rings. The van der Waals surface area contributed by atoms with E-state index >= 15 is 0 Å². The molecule has 2 N–H and O–H groups in total. The van der Waals surface area contributed by atoms with E-state index in [4.69, 9.17) is 9.84 Å². The SMILES string of the molecule is Cc1ccc(COc2ccccc2CCC(O)CO)cc1. The number of aryl methyl sites for hydroxylation is 2. The Labute approximate surface area is 125 Å². The van der Waals surface area contributed by atoms with Crippen LogP contribution in [0.4, 0.5) is 0 Å². The number of rotatable bonds is 7. The molecule has 1 unspecified atom stereocenters. The van der Waals surface area contributed by atoms with Crippen molar-refractivity contribution >= 4 is 0 Å². The molecule has 2 aromatic carbocycles. The van der Waals surface area contributed by atoms with E-state index in [0.29, 0.717) is 19.4 Å². The van der Waals surface area contributed by atoms with Gasteiger partial charge in [0.15, 0.2) is 0 Å². The zero-order valence-corrected chi connectivity index (χ0v) is 12.3. The van der Waals surface area contributed by atoms with Gasteiger partial charge < -0.3 is 14.9 Å². The van der Waals surface area contributed by atoms with Gasteiger partial charge in [0.25, 0.3) is 0 Å². The quantitative estimate of drug-likeness (QED) is 0.823. The summed E-state index contributed by atoms with van der Waals surface area (Å²) in [6.45, 7) is 2.39. The standard InChI is InChI=1S/C18H22O3/c1-14-6-8-15(9-7-14)13-21-18-5-3-2-4-16(18)10-11-17(20)12-19/h2-9,17,19-20H,10-13H2,1H3. The van der Waals surface area contributed by atoms with Crippen LogP contribution in [0, 0.1) is 6.92 Å². The molecular formula is C18H22O3. The van der Waals surface area contributed by atoms with E-state index in [1.165, 1.54) is 5.56 Å². The molecule has 3 heteroatoms. The summed E-state index contributed by atoms with van der Waals surface area (Å²) < 4.78 is 5.88. The van der Waals surface area contributed by atoms with Crippen molar-refractivity contribution in [1.82, 2.24) is 0 Å². The van der Waals surface area contributed by atoms with Gasteiger partial charge in [-0.25, -0.2) is 0 Å².